The van der Waals surface area contributed by atoms with Crippen molar-refractivity contribution in [1.82, 2.24) is 15.3 Å². The summed E-state index contributed by atoms with van der Waals surface area (Å²) >= 11 is 0. The molecule has 2 aromatic heterocycles. The molecule has 5 nitrogen and oxygen atoms in total. The Morgan fingerprint density at radius 1 is 1.11 bits per heavy atom. The van der Waals surface area contributed by atoms with Crippen molar-refractivity contribution in [2.24, 2.45) is 0 Å². The Morgan fingerprint density at radius 3 is 2.74 bits per heavy atom. The fourth-order valence-corrected chi connectivity index (χ4v) is 3.29. The van der Waals surface area contributed by atoms with Gasteiger partial charge in [0.2, 0.25) is 5.91 Å². The Kier molecular flexibility index (Phi) is 4.75. The van der Waals surface area contributed by atoms with Crippen molar-refractivity contribution in [1.29, 1.82) is 0 Å². The Hall–Kier alpha value is -3.34. The predicted octanol–water partition coefficient (Wildman–Crippen LogP) is 4.03. The zero-order valence-electron chi connectivity index (χ0n) is 15.2. The fourth-order valence-electron chi connectivity index (χ4n) is 3.29. The topological polar surface area (TPSA) is 70.9 Å². The van der Waals surface area contributed by atoms with Crippen molar-refractivity contribution in [2.45, 2.75) is 19.8 Å². The van der Waals surface area contributed by atoms with E-state index in [0.29, 0.717) is 25.3 Å². The zero-order valence-corrected chi connectivity index (χ0v) is 15.2. The summed E-state index contributed by atoms with van der Waals surface area (Å²) in [7, 11) is 0. The van der Waals surface area contributed by atoms with E-state index in [0.717, 1.165) is 33.5 Å². The Morgan fingerprint density at radius 2 is 1.89 bits per heavy atom. The quantitative estimate of drug-likeness (QED) is 0.546. The van der Waals surface area contributed by atoms with Crippen molar-refractivity contribution in [2.75, 3.05) is 6.54 Å². The number of aryl methyl sites for hydroxylation is 1. The molecule has 0 unspecified atom stereocenters. The van der Waals surface area contributed by atoms with E-state index in [-0.39, 0.29) is 5.91 Å². The van der Waals surface area contributed by atoms with Crippen LogP contribution >= 0.6 is 0 Å². The van der Waals surface area contributed by atoms with Crippen molar-refractivity contribution in [3.05, 3.63) is 78.0 Å². The zero-order chi connectivity index (χ0) is 18.6. The number of fused-ring (bicyclic) bond motifs is 1. The number of hydrogen-bond acceptors (Lipinski definition) is 3. The van der Waals surface area contributed by atoms with Gasteiger partial charge >= 0.3 is 0 Å². The van der Waals surface area contributed by atoms with Gasteiger partial charge in [0.25, 0.3) is 0 Å². The molecular weight excluding hydrogens is 338 g/mol. The maximum Gasteiger partial charge on any atom is 0.224 e. The normalized spacial score (nSPS) is 11.0. The number of nitrogens with one attached hydrogen (secondary N) is 2. The van der Waals surface area contributed by atoms with Crippen molar-refractivity contribution < 1.29 is 9.21 Å². The number of oxazole rings is 1. The van der Waals surface area contributed by atoms with Gasteiger partial charge in [-0.3, -0.25) is 4.79 Å². The minimum atomic E-state index is -0.00254. The number of aromatic amines is 1. The van der Waals surface area contributed by atoms with Crippen molar-refractivity contribution in [3.8, 4) is 11.3 Å². The van der Waals surface area contributed by atoms with Gasteiger partial charge in [-0.1, -0.05) is 48.5 Å². The van der Waals surface area contributed by atoms with Crippen LogP contribution in [0.1, 0.15) is 17.2 Å². The lowest BCUT2D eigenvalue weighted by Crippen LogP contribution is -2.27. The molecule has 0 atom stereocenters. The molecule has 5 heteroatoms. The van der Waals surface area contributed by atoms with Gasteiger partial charge in [-0.25, -0.2) is 4.98 Å². The van der Waals surface area contributed by atoms with E-state index in [2.05, 4.69) is 15.3 Å². The van der Waals surface area contributed by atoms with Gasteiger partial charge in [-0.05, 0) is 11.6 Å². The molecule has 0 fully saturated rings. The molecule has 1 amide bonds. The molecule has 0 spiro atoms. The van der Waals surface area contributed by atoms with Gasteiger partial charge in [0.05, 0.1) is 6.42 Å². The van der Waals surface area contributed by atoms with E-state index < -0.39 is 0 Å². The van der Waals surface area contributed by atoms with Gasteiger partial charge in [0.15, 0.2) is 5.89 Å². The largest absolute Gasteiger partial charge is 0.445 e. The molecule has 4 aromatic rings. The molecule has 0 bridgehead atoms. The van der Waals surface area contributed by atoms with Crippen LogP contribution < -0.4 is 5.32 Å². The summed E-state index contributed by atoms with van der Waals surface area (Å²) < 4.78 is 5.75. The molecule has 2 aromatic carbocycles. The maximum atomic E-state index is 12.3. The van der Waals surface area contributed by atoms with Crippen LogP contribution in [-0.2, 0) is 17.6 Å². The summed E-state index contributed by atoms with van der Waals surface area (Å²) in [4.78, 5) is 20.0. The summed E-state index contributed by atoms with van der Waals surface area (Å²) in [5, 5.41) is 4.07. The van der Waals surface area contributed by atoms with Gasteiger partial charge < -0.3 is 14.7 Å². The first-order valence-electron chi connectivity index (χ1n) is 9.04. The highest BCUT2D eigenvalue weighted by Crippen LogP contribution is 2.24. The highest BCUT2D eigenvalue weighted by Gasteiger charge is 2.14. The van der Waals surface area contributed by atoms with E-state index in [4.69, 9.17) is 4.42 Å². The lowest BCUT2D eigenvalue weighted by atomic mass is 10.1. The molecule has 27 heavy (non-hydrogen) atoms. The minimum Gasteiger partial charge on any atom is -0.445 e. The highest BCUT2D eigenvalue weighted by atomic mass is 16.4. The van der Waals surface area contributed by atoms with Gasteiger partial charge in [-0.2, -0.15) is 0 Å². The Labute approximate surface area is 157 Å². The standard InChI is InChI=1S/C22H21N3O2/c1-15-25-22(16-7-3-2-4-8-16)20(27-15)11-12-23-21(26)13-17-14-24-19-10-6-5-9-18(17)19/h2-10,14,24H,11-13H2,1H3,(H,23,26). The minimum absolute atomic E-state index is 0.00254. The number of rotatable bonds is 6. The summed E-state index contributed by atoms with van der Waals surface area (Å²) in [6.07, 6.45) is 2.85. The average molecular weight is 359 g/mol. The number of para-hydroxylation sites is 1. The summed E-state index contributed by atoms with van der Waals surface area (Å²) in [6, 6.07) is 17.9. The second-order valence-corrected chi connectivity index (χ2v) is 6.51. The highest BCUT2D eigenvalue weighted by molar-refractivity contribution is 5.88. The molecule has 0 saturated carbocycles. The first-order valence-corrected chi connectivity index (χ1v) is 9.04. The summed E-state index contributed by atoms with van der Waals surface area (Å²) in [5.41, 5.74) is 3.92. The summed E-state index contributed by atoms with van der Waals surface area (Å²) in [6.45, 7) is 2.35. The number of nitrogens with zero attached hydrogens (tertiary/aromatic N) is 1. The van der Waals surface area contributed by atoms with Crippen LogP contribution in [0.5, 0.6) is 0 Å². The SMILES string of the molecule is Cc1nc(-c2ccccc2)c(CCNC(=O)Cc2c[nH]c3ccccc23)o1. The first-order chi connectivity index (χ1) is 13.2. The third-order valence-electron chi connectivity index (χ3n) is 4.55. The van der Waals surface area contributed by atoms with Crippen LogP contribution in [0.3, 0.4) is 0 Å². The second kappa shape index (κ2) is 7.50. The summed E-state index contributed by atoms with van der Waals surface area (Å²) in [5.74, 6) is 1.43. The van der Waals surface area contributed by atoms with Crippen LogP contribution in [0.2, 0.25) is 0 Å². The lowest BCUT2D eigenvalue weighted by Gasteiger charge is -2.05. The number of amides is 1. The second-order valence-electron chi connectivity index (χ2n) is 6.51. The number of benzene rings is 2. The Balaban J connectivity index is 1.38. The molecule has 4 rings (SSSR count). The van der Waals surface area contributed by atoms with Gasteiger partial charge in [-0.15, -0.1) is 0 Å². The van der Waals surface area contributed by atoms with E-state index in [1.165, 1.54) is 0 Å². The Bertz CT molecular complexity index is 1060. The third-order valence-corrected chi connectivity index (χ3v) is 4.55. The van der Waals surface area contributed by atoms with Gasteiger partial charge in [0, 0.05) is 42.6 Å². The molecular formula is C22H21N3O2. The van der Waals surface area contributed by atoms with Crippen LogP contribution in [0, 0.1) is 6.92 Å². The molecule has 0 saturated heterocycles. The lowest BCUT2D eigenvalue weighted by molar-refractivity contribution is -0.120. The average Bonchev–Trinajstić information content (AvgIpc) is 3.26. The third kappa shape index (κ3) is 3.77. The van der Waals surface area contributed by atoms with E-state index in [1.807, 2.05) is 67.7 Å². The number of aromatic nitrogens is 2. The number of carbonyl (C=O) groups is 1. The van der Waals surface area contributed by atoms with Crippen molar-refractivity contribution >= 4 is 16.8 Å². The molecule has 2 heterocycles. The molecule has 0 aliphatic rings. The number of H-pyrrole nitrogens is 1. The van der Waals surface area contributed by atoms with Gasteiger partial charge in [0.1, 0.15) is 11.5 Å². The van der Waals surface area contributed by atoms with Crippen LogP contribution in [0.15, 0.2) is 65.2 Å². The van der Waals surface area contributed by atoms with Crippen LogP contribution in [0.4, 0.5) is 0 Å². The number of carbonyl (C=O) groups excluding carboxylic acids is 1. The molecule has 0 aliphatic carbocycles. The molecule has 136 valence electrons. The predicted molar refractivity (Wildman–Crippen MR) is 105 cm³/mol. The van der Waals surface area contributed by atoms with Crippen LogP contribution in [0.25, 0.3) is 22.2 Å². The van der Waals surface area contributed by atoms with E-state index in [9.17, 15) is 4.79 Å². The molecule has 0 radical (unpaired) electrons. The monoisotopic (exact) mass is 359 g/mol. The smallest absolute Gasteiger partial charge is 0.224 e. The number of hydrogen-bond donors (Lipinski definition) is 2. The van der Waals surface area contributed by atoms with Crippen molar-refractivity contribution in [3.63, 3.8) is 0 Å². The van der Waals surface area contributed by atoms with E-state index >= 15 is 0 Å². The molecule has 0 aliphatic heterocycles. The first kappa shape index (κ1) is 17.1. The fraction of sp³-hybridized carbons (Fsp3) is 0.182. The maximum absolute atomic E-state index is 12.3. The van der Waals surface area contributed by atoms with Crippen LogP contribution in [-0.4, -0.2) is 22.4 Å². The van der Waals surface area contributed by atoms with E-state index in [1.54, 1.807) is 0 Å². The molecule has 2 N–H and O–H groups in total.